The number of hydrogen-bond acceptors (Lipinski definition) is 3. The van der Waals surface area contributed by atoms with Crippen LogP contribution in [0.25, 0.3) is 0 Å². The summed E-state index contributed by atoms with van der Waals surface area (Å²) < 4.78 is 0. The van der Waals surface area contributed by atoms with E-state index in [0.717, 1.165) is 0 Å². The van der Waals surface area contributed by atoms with E-state index < -0.39 is 6.35 Å². The smallest absolute Gasteiger partial charge is 0.251 e. The molecule has 0 bridgehead atoms. The zero-order valence-corrected chi connectivity index (χ0v) is 6.66. The molecule has 0 radical (unpaired) electrons. The fourth-order valence-corrected chi connectivity index (χ4v) is 0.956. The van der Waals surface area contributed by atoms with Crippen molar-refractivity contribution in [2.45, 2.75) is 20.2 Å². The number of nitrogens with zero attached hydrogens (tertiary/aromatic N) is 1. The molecular formula is C7H12N2O2. The van der Waals surface area contributed by atoms with Crippen LogP contribution in [0.1, 0.15) is 13.8 Å². The van der Waals surface area contributed by atoms with Crippen LogP contribution in [0.5, 0.6) is 0 Å². The molecule has 1 rings (SSSR count). The lowest BCUT2D eigenvalue weighted by molar-refractivity contribution is -0.125. The molecule has 0 aromatic carbocycles. The van der Waals surface area contributed by atoms with Crippen LogP contribution in [0, 0.1) is 0 Å². The Morgan fingerprint density at radius 3 is 3.00 bits per heavy atom. The fourth-order valence-electron chi connectivity index (χ4n) is 0.956. The molecule has 0 fully saturated rings. The average Bonchev–Trinajstić information content (AvgIpc) is 1.97. The van der Waals surface area contributed by atoms with Gasteiger partial charge in [-0.1, -0.05) is 0 Å². The number of nitrogens with one attached hydrogen (secondary N) is 1. The standard InChI is InChI=1S/C7H12N2O2/c1-3-9-4-5(2)6(10)8-7(9)11/h4,7,11H,3H2,1-2H3,(H,8,10). The first kappa shape index (κ1) is 8.07. The highest BCUT2D eigenvalue weighted by atomic mass is 16.3. The number of rotatable bonds is 1. The molecule has 1 aliphatic heterocycles. The van der Waals surface area contributed by atoms with Gasteiger partial charge >= 0.3 is 0 Å². The van der Waals surface area contributed by atoms with Crippen LogP contribution in [-0.2, 0) is 4.79 Å². The molecule has 1 atom stereocenters. The molecule has 1 unspecified atom stereocenters. The molecule has 0 spiro atoms. The van der Waals surface area contributed by atoms with E-state index >= 15 is 0 Å². The molecule has 1 aliphatic rings. The second-order valence-electron chi connectivity index (χ2n) is 2.49. The highest BCUT2D eigenvalue weighted by Gasteiger charge is 2.20. The predicted molar refractivity (Wildman–Crippen MR) is 40.3 cm³/mol. The maximum atomic E-state index is 10.9. The second kappa shape index (κ2) is 2.92. The molecule has 11 heavy (non-hydrogen) atoms. The van der Waals surface area contributed by atoms with Crippen molar-refractivity contribution < 1.29 is 9.90 Å². The summed E-state index contributed by atoms with van der Waals surface area (Å²) in [6.07, 6.45) is 0.792. The predicted octanol–water partition coefficient (Wildman–Crippen LogP) is -0.382. The molecule has 0 aliphatic carbocycles. The number of carbonyl (C=O) groups is 1. The van der Waals surface area contributed by atoms with Gasteiger partial charge in [0.2, 0.25) is 6.35 Å². The number of aliphatic hydroxyl groups is 1. The highest BCUT2D eigenvalue weighted by Crippen LogP contribution is 2.06. The van der Waals surface area contributed by atoms with Gasteiger partial charge in [0.05, 0.1) is 0 Å². The zero-order valence-electron chi connectivity index (χ0n) is 6.66. The van der Waals surface area contributed by atoms with Gasteiger partial charge in [0.25, 0.3) is 5.91 Å². The number of carbonyl (C=O) groups excluding carboxylic acids is 1. The van der Waals surface area contributed by atoms with E-state index in [4.69, 9.17) is 0 Å². The van der Waals surface area contributed by atoms with E-state index in [1.165, 1.54) is 0 Å². The Morgan fingerprint density at radius 1 is 1.82 bits per heavy atom. The average molecular weight is 156 g/mol. The summed E-state index contributed by atoms with van der Waals surface area (Å²) in [6, 6.07) is 0. The minimum absolute atomic E-state index is 0.206. The molecule has 1 heterocycles. The van der Waals surface area contributed by atoms with Crippen LogP contribution < -0.4 is 5.32 Å². The molecule has 0 saturated carbocycles. The third-order valence-electron chi connectivity index (χ3n) is 1.66. The number of aliphatic hydroxyl groups excluding tert-OH is 1. The van der Waals surface area contributed by atoms with Crippen LogP contribution in [0.4, 0.5) is 0 Å². The van der Waals surface area contributed by atoms with Crippen molar-refractivity contribution in [2.24, 2.45) is 0 Å². The Bertz CT molecular complexity index is 201. The first-order chi connectivity index (χ1) is 5.15. The summed E-state index contributed by atoms with van der Waals surface area (Å²) in [7, 11) is 0. The number of amides is 1. The van der Waals surface area contributed by atoms with Gasteiger partial charge in [-0.2, -0.15) is 0 Å². The van der Waals surface area contributed by atoms with Crippen LogP contribution in [-0.4, -0.2) is 28.8 Å². The summed E-state index contributed by atoms with van der Waals surface area (Å²) in [5, 5.41) is 11.6. The number of hydrogen-bond donors (Lipinski definition) is 2. The molecule has 0 aromatic rings. The van der Waals surface area contributed by atoms with Gasteiger partial charge in [-0.3, -0.25) is 4.79 Å². The van der Waals surface area contributed by atoms with E-state index in [0.29, 0.717) is 12.1 Å². The molecule has 0 aromatic heterocycles. The lowest BCUT2D eigenvalue weighted by Crippen LogP contribution is -2.49. The Kier molecular flexibility index (Phi) is 2.14. The quantitative estimate of drug-likeness (QED) is 0.544. The zero-order chi connectivity index (χ0) is 8.43. The van der Waals surface area contributed by atoms with E-state index in [9.17, 15) is 9.90 Å². The Morgan fingerprint density at radius 2 is 2.45 bits per heavy atom. The third-order valence-corrected chi connectivity index (χ3v) is 1.66. The van der Waals surface area contributed by atoms with Crippen molar-refractivity contribution in [3.8, 4) is 0 Å². The molecule has 4 heteroatoms. The van der Waals surface area contributed by atoms with Crippen molar-refractivity contribution >= 4 is 5.91 Å². The monoisotopic (exact) mass is 156 g/mol. The Balaban J connectivity index is 2.77. The molecule has 4 nitrogen and oxygen atoms in total. The first-order valence-electron chi connectivity index (χ1n) is 3.58. The second-order valence-corrected chi connectivity index (χ2v) is 2.49. The van der Waals surface area contributed by atoms with Gasteiger partial charge in [-0.25, -0.2) is 0 Å². The van der Waals surface area contributed by atoms with Crippen molar-refractivity contribution in [2.75, 3.05) is 6.54 Å². The summed E-state index contributed by atoms with van der Waals surface area (Å²) in [5.41, 5.74) is 0.622. The molecular weight excluding hydrogens is 144 g/mol. The van der Waals surface area contributed by atoms with E-state index in [2.05, 4.69) is 5.32 Å². The van der Waals surface area contributed by atoms with Gasteiger partial charge in [0, 0.05) is 18.3 Å². The fraction of sp³-hybridized carbons (Fsp3) is 0.571. The van der Waals surface area contributed by atoms with Crippen molar-refractivity contribution in [1.29, 1.82) is 0 Å². The highest BCUT2D eigenvalue weighted by molar-refractivity contribution is 5.93. The van der Waals surface area contributed by atoms with Crippen LogP contribution in [0.15, 0.2) is 11.8 Å². The summed E-state index contributed by atoms with van der Waals surface area (Å²) in [6.45, 7) is 4.30. The topological polar surface area (TPSA) is 52.6 Å². The van der Waals surface area contributed by atoms with Crippen molar-refractivity contribution in [3.63, 3.8) is 0 Å². The van der Waals surface area contributed by atoms with Crippen LogP contribution >= 0.6 is 0 Å². The Hall–Kier alpha value is -1.03. The maximum absolute atomic E-state index is 10.9. The largest absolute Gasteiger partial charge is 0.356 e. The van der Waals surface area contributed by atoms with E-state index in [-0.39, 0.29) is 5.91 Å². The van der Waals surface area contributed by atoms with Crippen LogP contribution in [0.3, 0.4) is 0 Å². The van der Waals surface area contributed by atoms with Gasteiger partial charge in [-0.15, -0.1) is 0 Å². The van der Waals surface area contributed by atoms with Gasteiger partial charge in [0.1, 0.15) is 0 Å². The van der Waals surface area contributed by atoms with Gasteiger partial charge in [0.15, 0.2) is 0 Å². The Labute approximate surface area is 65.5 Å². The van der Waals surface area contributed by atoms with Crippen LogP contribution in [0.2, 0.25) is 0 Å². The lowest BCUT2D eigenvalue weighted by Gasteiger charge is -2.30. The molecule has 1 amide bonds. The van der Waals surface area contributed by atoms with Gasteiger partial charge < -0.3 is 15.3 Å². The molecule has 0 saturated heterocycles. The third kappa shape index (κ3) is 1.51. The van der Waals surface area contributed by atoms with Crippen molar-refractivity contribution in [1.82, 2.24) is 10.2 Å². The molecule has 2 N–H and O–H groups in total. The minimum atomic E-state index is -0.865. The molecule has 62 valence electrons. The summed E-state index contributed by atoms with van der Waals surface area (Å²) in [5.74, 6) is -0.206. The summed E-state index contributed by atoms with van der Waals surface area (Å²) >= 11 is 0. The first-order valence-corrected chi connectivity index (χ1v) is 3.58. The SMILES string of the molecule is CCN1C=C(C)C(=O)NC1O. The lowest BCUT2D eigenvalue weighted by atomic mass is 10.2. The normalized spacial score (nSPS) is 24.6. The van der Waals surface area contributed by atoms with E-state index in [1.807, 2.05) is 6.92 Å². The minimum Gasteiger partial charge on any atom is -0.356 e. The van der Waals surface area contributed by atoms with Crippen molar-refractivity contribution in [3.05, 3.63) is 11.8 Å². The van der Waals surface area contributed by atoms with E-state index in [1.54, 1.807) is 18.0 Å². The van der Waals surface area contributed by atoms with Gasteiger partial charge in [-0.05, 0) is 13.8 Å². The summed E-state index contributed by atoms with van der Waals surface area (Å²) in [4.78, 5) is 12.5. The maximum Gasteiger partial charge on any atom is 0.251 e.